The second kappa shape index (κ2) is 18.3. The molecule has 3 atom stereocenters. The van der Waals surface area contributed by atoms with Crippen LogP contribution >= 0.6 is 0 Å². The highest BCUT2D eigenvalue weighted by atomic mass is 16.6. The van der Waals surface area contributed by atoms with E-state index in [2.05, 4.69) is 0 Å². The van der Waals surface area contributed by atoms with Gasteiger partial charge in [0.2, 0.25) is 0 Å². The van der Waals surface area contributed by atoms with Gasteiger partial charge in [-0.15, -0.1) is 0 Å². The molecule has 0 unspecified atom stereocenters. The van der Waals surface area contributed by atoms with E-state index in [-0.39, 0.29) is 36.9 Å². The topological polar surface area (TPSA) is 137 Å². The molecule has 238 valence electrons. The van der Waals surface area contributed by atoms with Crippen molar-refractivity contribution in [2.75, 3.05) is 20.3 Å². The molecular weight excluding hydrogens is 554 g/mol. The van der Waals surface area contributed by atoms with Crippen LogP contribution in [0.2, 0.25) is 0 Å². The van der Waals surface area contributed by atoms with Crippen molar-refractivity contribution in [2.24, 2.45) is 5.92 Å². The number of aliphatic hydroxyl groups excluding tert-OH is 1. The molecule has 1 N–H and O–H groups in total. The Labute approximate surface area is 254 Å². The van der Waals surface area contributed by atoms with Crippen LogP contribution < -0.4 is 0 Å². The number of aryl methyl sites for hydroxylation is 1. The predicted molar refractivity (Wildman–Crippen MR) is 161 cm³/mol. The number of benzene rings is 1. The van der Waals surface area contributed by atoms with Crippen LogP contribution in [0.1, 0.15) is 89.7 Å². The van der Waals surface area contributed by atoms with Crippen molar-refractivity contribution in [3.8, 4) is 0 Å². The van der Waals surface area contributed by atoms with Crippen molar-refractivity contribution in [3.05, 3.63) is 41.5 Å². The number of ketones is 2. The molecule has 1 aromatic rings. The molecule has 43 heavy (non-hydrogen) atoms. The van der Waals surface area contributed by atoms with Crippen molar-refractivity contribution in [1.82, 2.24) is 4.90 Å². The van der Waals surface area contributed by atoms with Gasteiger partial charge in [0.1, 0.15) is 6.61 Å². The predicted octanol–water partition coefficient (Wildman–Crippen LogP) is 4.97. The van der Waals surface area contributed by atoms with E-state index < -0.39 is 42.0 Å². The summed E-state index contributed by atoms with van der Waals surface area (Å²) in [4.78, 5) is 66.1. The summed E-state index contributed by atoms with van der Waals surface area (Å²) in [5, 5.41) is 8.88. The molecule has 10 heteroatoms. The number of unbranched alkanes of at least 4 members (excludes halogenated alkanes) is 7. The SMILES string of the molecule is CO[C@@H](C(=O)N1C(=O)OC[C@H]1C(C)C)[C@@H](OC(C)=O)C(=O)C=C(C(=O)CCCCCCCCCCO)c1cccc(C)c1. The first-order valence-corrected chi connectivity index (χ1v) is 15.2. The Morgan fingerprint density at radius 1 is 1.02 bits per heavy atom. The van der Waals surface area contributed by atoms with Gasteiger partial charge in [-0.1, -0.05) is 82.2 Å². The summed E-state index contributed by atoms with van der Waals surface area (Å²) >= 11 is 0. The van der Waals surface area contributed by atoms with Gasteiger partial charge in [-0.3, -0.25) is 19.2 Å². The van der Waals surface area contributed by atoms with E-state index in [0.29, 0.717) is 12.0 Å². The van der Waals surface area contributed by atoms with Crippen LogP contribution in [0.5, 0.6) is 0 Å². The number of allylic oxidation sites excluding steroid dienone is 1. The summed E-state index contributed by atoms with van der Waals surface area (Å²) in [5.41, 5.74) is 1.57. The highest BCUT2D eigenvalue weighted by molar-refractivity contribution is 6.25. The normalized spacial score (nSPS) is 16.6. The van der Waals surface area contributed by atoms with Gasteiger partial charge in [0.25, 0.3) is 5.91 Å². The number of hydrogen-bond donors (Lipinski definition) is 1. The lowest BCUT2D eigenvalue weighted by atomic mass is 9.93. The number of Topliss-reactive ketones (excluding diaryl/α,β-unsaturated/α-hetero) is 1. The summed E-state index contributed by atoms with van der Waals surface area (Å²) in [7, 11) is 1.18. The maximum atomic E-state index is 13.7. The van der Waals surface area contributed by atoms with E-state index in [1.54, 1.807) is 18.2 Å². The Morgan fingerprint density at radius 3 is 2.21 bits per heavy atom. The summed E-state index contributed by atoms with van der Waals surface area (Å²) in [6.45, 7) is 6.84. The number of carbonyl (C=O) groups is 5. The second-order valence-electron chi connectivity index (χ2n) is 11.3. The van der Waals surface area contributed by atoms with Gasteiger partial charge in [-0.05, 0) is 37.3 Å². The lowest BCUT2D eigenvalue weighted by molar-refractivity contribution is -0.166. The van der Waals surface area contributed by atoms with E-state index in [0.717, 1.165) is 68.4 Å². The van der Waals surface area contributed by atoms with Crippen LogP contribution in [-0.4, -0.2) is 78.1 Å². The Morgan fingerprint density at radius 2 is 1.65 bits per heavy atom. The molecule has 0 radical (unpaired) electrons. The van der Waals surface area contributed by atoms with Crippen molar-refractivity contribution < 1.29 is 43.3 Å². The average Bonchev–Trinajstić information content (AvgIpc) is 3.35. The van der Waals surface area contributed by atoms with Crippen LogP contribution in [0.15, 0.2) is 30.3 Å². The van der Waals surface area contributed by atoms with Crippen LogP contribution in [0, 0.1) is 12.8 Å². The molecule has 1 saturated heterocycles. The monoisotopic (exact) mass is 601 g/mol. The van der Waals surface area contributed by atoms with E-state index in [1.165, 1.54) is 7.11 Å². The van der Waals surface area contributed by atoms with Crippen LogP contribution in [0.3, 0.4) is 0 Å². The van der Waals surface area contributed by atoms with Crippen molar-refractivity contribution in [3.63, 3.8) is 0 Å². The van der Waals surface area contributed by atoms with Gasteiger partial charge in [-0.25, -0.2) is 9.69 Å². The van der Waals surface area contributed by atoms with Crippen LogP contribution in [0.25, 0.3) is 5.57 Å². The zero-order valence-corrected chi connectivity index (χ0v) is 26.1. The third kappa shape index (κ3) is 11.0. The van der Waals surface area contributed by atoms with Gasteiger partial charge in [0.15, 0.2) is 23.8 Å². The molecule has 2 rings (SSSR count). The number of amides is 2. The Kier molecular flexibility index (Phi) is 15.3. The fourth-order valence-electron chi connectivity index (χ4n) is 5.07. The molecule has 1 heterocycles. The van der Waals surface area contributed by atoms with E-state index in [9.17, 15) is 24.0 Å². The third-order valence-corrected chi connectivity index (χ3v) is 7.49. The molecule has 0 aromatic heterocycles. The van der Waals surface area contributed by atoms with Crippen molar-refractivity contribution >= 4 is 35.1 Å². The maximum absolute atomic E-state index is 13.7. The molecule has 0 saturated carbocycles. The van der Waals surface area contributed by atoms with Gasteiger partial charge < -0.3 is 19.3 Å². The van der Waals surface area contributed by atoms with Crippen LogP contribution in [0.4, 0.5) is 4.79 Å². The quantitative estimate of drug-likeness (QED) is 0.132. The number of cyclic esters (lactones) is 1. The maximum Gasteiger partial charge on any atom is 0.417 e. The first-order chi connectivity index (χ1) is 20.5. The number of ether oxygens (including phenoxy) is 3. The minimum Gasteiger partial charge on any atom is -0.451 e. The summed E-state index contributed by atoms with van der Waals surface area (Å²) in [6, 6.07) is 6.59. The minimum atomic E-state index is -1.73. The average molecular weight is 602 g/mol. The molecule has 0 aliphatic carbocycles. The number of hydrogen-bond acceptors (Lipinski definition) is 9. The molecule has 10 nitrogen and oxygen atoms in total. The molecule has 0 spiro atoms. The molecule has 2 amide bonds. The summed E-state index contributed by atoms with van der Waals surface area (Å²) in [6.07, 6.45) is 4.65. The van der Waals surface area contributed by atoms with Gasteiger partial charge in [-0.2, -0.15) is 0 Å². The number of rotatable bonds is 19. The number of aliphatic hydroxyl groups is 1. The third-order valence-electron chi connectivity index (χ3n) is 7.49. The van der Waals surface area contributed by atoms with E-state index >= 15 is 0 Å². The Balaban J connectivity index is 2.28. The standard InChI is InChI=1S/C33H47NO9/c1-22(2)27-21-42-33(40)34(27)32(39)31(41-5)30(43-24(4)36)29(38)20-26(25-16-14-15-23(3)19-25)28(37)17-12-10-8-6-7-9-11-13-18-35/h14-16,19-20,22,27,30-31,35H,6-13,17-18,21H2,1-5H3/t27-,30-,31+/m0/s1. The minimum absolute atomic E-state index is 0.000474. The molecule has 1 aliphatic rings. The zero-order chi connectivity index (χ0) is 31.9. The van der Waals surface area contributed by atoms with Crippen LogP contribution in [-0.2, 0) is 33.4 Å². The summed E-state index contributed by atoms with van der Waals surface area (Å²) < 4.78 is 15.7. The summed E-state index contributed by atoms with van der Waals surface area (Å²) in [5.74, 6) is -2.88. The zero-order valence-electron chi connectivity index (χ0n) is 26.1. The lowest BCUT2D eigenvalue weighted by Gasteiger charge is -2.29. The Bertz CT molecular complexity index is 1140. The smallest absolute Gasteiger partial charge is 0.417 e. The number of esters is 1. The molecule has 1 aromatic carbocycles. The highest BCUT2D eigenvalue weighted by Crippen LogP contribution is 2.25. The Hall–Kier alpha value is -3.37. The molecule has 1 aliphatic heterocycles. The number of imide groups is 1. The highest BCUT2D eigenvalue weighted by Gasteiger charge is 2.47. The number of carbonyl (C=O) groups excluding carboxylic acids is 5. The van der Waals surface area contributed by atoms with Crippen molar-refractivity contribution in [1.29, 1.82) is 0 Å². The fourth-order valence-corrected chi connectivity index (χ4v) is 5.07. The first-order valence-electron chi connectivity index (χ1n) is 15.2. The molecule has 0 bridgehead atoms. The van der Waals surface area contributed by atoms with E-state index in [4.69, 9.17) is 19.3 Å². The second-order valence-corrected chi connectivity index (χ2v) is 11.3. The largest absolute Gasteiger partial charge is 0.451 e. The van der Waals surface area contributed by atoms with E-state index in [1.807, 2.05) is 26.8 Å². The fraction of sp³-hybridized carbons (Fsp3) is 0.606. The first kappa shape index (κ1) is 35.8. The van der Waals surface area contributed by atoms with Gasteiger partial charge >= 0.3 is 12.1 Å². The number of methoxy groups -OCH3 is 1. The van der Waals surface area contributed by atoms with Gasteiger partial charge in [0, 0.05) is 32.6 Å². The molecule has 1 fully saturated rings. The number of nitrogens with zero attached hydrogens (tertiary/aromatic N) is 1. The lowest BCUT2D eigenvalue weighted by Crippen LogP contribution is -2.53. The molecular formula is C33H47NO9. The van der Waals surface area contributed by atoms with Crippen molar-refractivity contribution in [2.45, 2.75) is 104 Å². The van der Waals surface area contributed by atoms with Gasteiger partial charge in [0.05, 0.1) is 6.04 Å².